The van der Waals surface area contributed by atoms with Gasteiger partial charge in [0.2, 0.25) is 0 Å². The van der Waals surface area contributed by atoms with Crippen molar-refractivity contribution >= 4 is 0 Å². The average molecular weight is 656 g/mol. The summed E-state index contributed by atoms with van der Waals surface area (Å²) in [4.78, 5) is 18.1. The molecule has 0 saturated carbocycles. The molecule has 49 heavy (non-hydrogen) atoms. The molecule has 0 amide bonds. The molecule has 0 aliphatic heterocycles. The number of hydrogen-bond donors (Lipinski definition) is 0. The van der Waals surface area contributed by atoms with Crippen LogP contribution in [-0.2, 0) is 50.1 Å². The Kier molecular flexibility index (Phi) is 11.2. The minimum atomic E-state index is -0.303. The van der Waals surface area contributed by atoms with Crippen LogP contribution in [-0.4, -0.2) is 24.8 Å². The molecule has 2 aromatic carbocycles. The second-order valence-corrected chi connectivity index (χ2v) is 15.2. The van der Waals surface area contributed by atoms with Gasteiger partial charge in [0.15, 0.2) is 0 Å². The monoisotopic (exact) mass is 655 g/mol. The first-order valence-corrected chi connectivity index (χ1v) is 17.0. The van der Waals surface area contributed by atoms with Crippen LogP contribution in [0.3, 0.4) is 0 Å². The molecular formula is C42H49N5O2-2. The lowest BCUT2D eigenvalue weighted by atomic mass is 9.79. The van der Waals surface area contributed by atoms with Crippen LogP contribution in [0.25, 0.3) is 0 Å². The molecule has 0 N–H and O–H groups in total. The van der Waals surface area contributed by atoms with Crippen LogP contribution in [0.15, 0.2) is 97.5 Å². The van der Waals surface area contributed by atoms with Crippen molar-refractivity contribution in [3.8, 4) is 11.5 Å². The van der Waals surface area contributed by atoms with E-state index in [1.165, 1.54) is 0 Å². The summed E-state index contributed by atoms with van der Waals surface area (Å²) >= 11 is 0. The Morgan fingerprint density at radius 1 is 0.510 bits per heavy atom. The molecule has 0 aliphatic rings. The molecule has 0 fully saturated rings. The predicted molar refractivity (Wildman–Crippen MR) is 193 cm³/mol. The van der Waals surface area contributed by atoms with Gasteiger partial charge in [-0.25, -0.2) is 0 Å². The Labute approximate surface area is 292 Å². The molecule has 0 saturated heterocycles. The fourth-order valence-electron chi connectivity index (χ4n) is 6.18. The Balaban J connectivity index is 1.50. The highest BCUT2D eigenvalue weighted by molar-refractivity contribution is 5.48. The molecule has 7 heteroatoms. The van der Waals surface area contributed by atoms with Gasteiger partial charge >= 0.3 is 0 Å². The van der Waals surface area contributed by atoms with Gasteiger partial charge in [0.25, 0.3) is 0 Å². The fourth-order valence-corrected chi connectivity index (χ4v) is 6.18. The lowest BCUT2D eigenvalue weighted by molar-refractivity contribution is -0.271. The van der Waals surface area contributed by atoms with E-state index >= 15 is 0 Å². The molecule has 0 bridgehead atoms. The smallest absolute Gasteiger partial charge is 0.0544 e. The van der Waals surface area contributed by atoms with Crippen LogP contribution in [0.5, 0.6) is 11.5 Å². The summed E-state index contributed by atoms with van der Waals surface area (Å²) < 4.78 is 0. The average Bonchev–Trinajstić information content (AvgIpc) is 3.04. The zero-order valence-electron chi connectivity index (χ0n) is 30.0. The quantitative estimate of drug-likeness (QED) is 0.139. The lowest BCUT2D eigenvalue weighted by Gasteiger charge is -2.34. The number of pyridine rings is 3. The first-order chi connectivity index (χ1) is 23.3. The maximum Gasteiger partial charge on any atom is 0.0544 e. The minimum Gasteiger partial charge on any atom is -0.872 e. The van der Waals surface area contributed by atoms with Crippen molar-refractivity contribution in [3.63, 3.8) is 0 Å². The highest BCUT2D eigenvalue weighted by atomic mass is 16.3. The Hall–Kier alpha value is -4.59. The van der Waals surface area contributed by atoms with E-state index in [0.717, 1.165) is 44.9 Å². The number of benzene rings is 2. The van der Waals surface area contributed by atoms with Crippen LogP contribution in [0.4, 0.5) is 0 Å². The van der Waals surface area contributed by atoms with Crippen molar-refractivity contribution in [2.75, 3.05) is 0 Å². The third-order valence-corrected chi connectivity index (χ3v) is 8.74. The SMILES string of the molecule is Cc1cc(CN(Cc2ccccn2)Cc2ccccn2)c([O-])c(CN(Cc2ccccn2)Cc2cc(C(C)(C)C)cc(C(C)(C)C)c2[O-])c1. The van der Waals surface area contributed by atoms with Crippen LogP contribution in [0.2, 0.25) is 0 Å². The first kappa shape index (κ1) is 35.7. The normalized spacial score (nSPS) is 12.2. The van der Waals surface area contributed by atoms with Gasteiger partial charge in [-0.2, -0.15) is 0 Å². The maximum absolute atomic E-state index is 14.3. The molecule has 0 atom stereocenters. The number of aromatic nitrogens is 3. The number of hydrogen-bond acceptors (Lipinski definition) is 7. The Morgan fingerprint density at radius 3 is 1.29 bits per heavy atom. The third-order valence-electron chi connectivity index (χ3n) is 8.74. The van der Waals surface area contributed by atoms with Gasteiger partial charge in [-0.05, 0) is 82.0 Å². The molecular weight excluding hydrogens is 606 g/mol. The molecule has 5 rings (SSSR count). The van der Waals surface area contributed by atoms with Crippen molar-refractivity contribution in [1.82, 2.24) is 24.8 Å². The topological polar surface area (TPSA) is 91.3 Å². The Morgan fingerprint density at radius 2 is 0.918 bits per heavy atom. The minimum absolute atomic E-state index is 0.0184. The standard InChI is InChI=1S/C42H51N5O2/c1-30-20-31(39(48)32(21-30)25-47(28-36-15-9-12-18-44-36)29-37-16-10-13-19-45-37)24-46(27-35-14-8-11-17-43-35)26-33-22-34(41(2,3)4)23-38(40(33)49)42(5,6)7/h8-23,48-49H,24-29H2,1-7H3/p-2. The zero-order valence-corrected chi connectivity index (χ0v) is 30.0. The molecule has 3 heterocycles. The number of nitrogens with zero attached hydrogens (tertiary/aromatic N) is 5. The summed E-state index contributed by atoms with van der Waals surface area (Å²) in [5.74, 6) is 0.0864. The fraction of sp³-hybridized carbons (Fsp3) is 0.357. The van der Waals surface area contributed by atoms with Gasteiger partial charge in [-0.3, -0.25) is 24.8 Å². The number of rotatable bonds is 12. The molecule has 3 aromatic heterocycles. The molecule has 0 spiro atoms. The van der Waals surface area contributed by atoms with Crippen LogP contribution < -0.4 is 10.2 Å². The van der Waals surface area contributed by atoms with Crippen molar-refractivity contribution in [2.45, 2.75) is 98.6 Å². The highest BCUT2D eigenvalue weighted by Crippen LogP contribution is 2.37. The van der Waals surface area contributed by atoms with Gasteiger partial charge in [0.1, 0.15) is 0 Å². The maximum atomic E-state index is 14.3. The van der Waals surface area contributed by atoms with E-state index in [-0.39, 0.29) is 22.3 Å². The summed E-state index contributed by atoms with van der Waals surface area (Å²) in [6.07, 6.45) is 5.37. The van der Waals surface area contributed by atoms with Gasteiger partial charge in [0, 0.05) is 57.9 Å². The van der Waals surface area contributed by atoms with E-state index in [9.17, 15) is 10.2 Å². The van der Waals surface area contributed by atoms with Crippen molar-refractivity contribution in [2.24, 2.45) is 0 Å². The molecule has 0 unspecified atom stereocenters. The summed E-state index contributed by atoms with van der Waals surface area (Å²) in [5.41, 5.74) is 7.46. The summed E-state index contributed by atoms with van der Waals surface area (Å²) in [6, 6.07) is 25.8. The van der Waals surface area contributed by atoms with E-state index < -0.39 is 0 Å². The van der Waals surface area contributed by atoms with Crippen LogP contribution >= 0.6 is 0 Å². The van der Waals surface area contributed by atoms with Crippen molar-refractivity contribution in [1.29, 1.82) is 0 Å². The van der Waals surface area contributed by atoms with Crippen molar-refractivity contribution in [3.05, 3.63) is 148 Å². The second-order valence-electron chi connectivity index (χ2n) is 15.2. The second kappa shape index (κ2) is 15.3. The van der Waals surface area contributed by atoms with E-state index in [0.29, 0.717) is 44.8 Å². The predicted octanol–water partition coefficient (Wildman–Crippen LogP) is 7.33. The first-order valence-electron chi connectivity index (χ1n) is 17.0. The van der Waals surface area contributed by atoms with Crippen LogP contribution in [0, 0.1) is 6.92 Å². The highest BCUT2D eigenvalue weighted by Gasteiger charge is 2.23. The summed E-state index contributed by atoms with van der Waals surface area (Å²) in [6.45, 7) is 17.7. The van der Waals surface area contributed by atoms with E-state index in [1.807, 2.05) is 73.7 Å². The van der Waals surface area contributed by atoms with Gasteiger partial charge < -0.3 is 10.2 Å². The van der Waals surface area contributed by atoms with E-state index in [1.54, 1.807) is 18.6 Å². The van der Waals surface area contributed by atoms with Crippen molar-refractivity contribution < 1.29 is 10.2 Å². The summed E-state index contributed by atoms with van der Waals surface area (Å²) in [7, 11) is 0. The molecule has 7 nitrogen and oxygen atoms in total. The third kappa shape index (κ3) is 9.74. The summed E-state index contributed by atoms with van der Waals surface area (Å²) in [5, 5.41) is 28.3. The largest absolute Gasteiger partial charge is 0.872 e. The van der Waals surface area contributed by atoms with Gasteiger partial charge in [0.05, 0.1) is 17.1 Å². The number of aryl methyl sites for hydroxylation is 1. The Bertz CT molecular complexity index is 1770. The van der Waals surface area contributed by atoms with Gasteiger partial charge in [-0.1, -0.05) is 95.3 Å². The van der Waals surface area contributed by atoms with Gasteiger partial charge in [-0.15, -0.1) is 5.75 Å². The molecule has 5 aromatic rings. The molecule has 0 radical (unpaired) electrons. The van der Waals surface area contributed by atoms with E-state index in [4.69, 9.17) is 0 Å². The zero-order chi connectivity index (χ0) is 35.2. The lowest BCUT2D eigenvalue weighted by Crippen LogP contribution is -2.27. The molecule has 256 valence electrons. The molecule has 0 aliphatic carbocycles. The van der Waals surface area contributed by atoms with Crippen LogP contribution in [0.1, 0.15) is 92.0 Å². The van der Waals surface area contributed by atoms with E-state index in [2.05, 4.69) is 78.4 Å².